The predicted molar refractivity (Wildman–Crippen MR) is 161 cm³/mol. The highest BCUT2D eigenvalue weighted by Gasteiger charge is 2.47. The lowest BCUT2D eigenvalue weighted by Gasteiger charge is -2.47. The van der Waals surface area contributed by atoms with Crippen molar-refractivity contribution in [3.63, 3.8) is 0 Å². The maximum absolute atomic E-state index is 13.8. The summed E-state index contributed by atoms with van der Waals surface area (Å²) in [6, 6.07) is 9.24. The Kier molecular flexibility index (Phi) is 9.48. The molecular formula is C33H47N5O3. The summed E-state index contributed by atoms with van der Waals surface area (Å²) in [4.78, 5) is 48.1. The van der Waals surface area contributed by atoms with E-state index in [4.69, 9.17) is 0 Å². The molecule has 0 bridgehead atoms. The largest absolute Gasteiger partial charge is 0.342 e. The van der Waals surface area contributed by atoms with Crippen LogP contribution in [0.4, 0.5) is 5.69 Å². The fourth-order valence-corrected chi connectivity index (χ4v) is 7.27. The van der Waals surface area contributed by atoms with E-state index in [0.717, 1.165) is 87.8 Å². The summed E-state index contributed by atoms with van der Waals surface area (Å²) in [5.41, 5.74) is 3.62. The standard InChI is InChI=1S/C33H47N5O3/c1-4-5-18-36-31(32(40)34-30(33(36)41)26-12-8-6-9-13-26)27-16-19-35(20-17-27)23-38-24(2)21-37(29(22-39)25(38)3)28-14-10-7-11-15-28/h7,10-11,14-15,21-22,26-27,30-31H,4-6,8-9,12-13,16-20,23H2,1-3H3,(H,34,40)/t30-,31-/m0/s1. The molecule has 0 spiro atoms. The molecule has 1 saturated carbocycles. The van der Waals surface area contributed by atoms with E-state index in [1.165, 1.54) is 6.42 Å². The lowest BCUT2D eigenvalue weighted by molar-refractivity contribution is -0.154. The first-order valence-electron chi connectivity index (χ1n) is 15.7. The third-order valence-corrected chi connectivity index (χ3v) is 9.67. The lowest BCUT2D eigenvalue weighted by Crippen LogP contribution is -2.67. The number of anilines is 1. The smallest absolute Gasteiger partial charge is 0.246 e. The van der Waals surface area contributed by atoms with E-state index < -0.39 is 0 Å². The second-order valence-corrected chi connectivity index (χ2v) is 12.3. The Hall–Kier alpha value is -3.13. The van der Waals surface area contributed by atoms with Gasteiger partial charge in [-0.3, -0.25) is 19.3 Å². The number of allylic oxidation sites excluding steroid dienone is 3. The molecule has 3 fully saturated rings. The number of hydrogen-bond donors (Lipinski definition) is 1. The van der Waals surface area contributed by atoms with E-state index >= 15 is 0 Å². The normalized spacial score (nSPS) is 25.4. The van der Waals surface area contributed by atoms with Gasteiger partial charge in [-0.1, -0.05) is 50.8 Å². The molecule has 8 heteroatoms. The number of hydrogen-bond acceptors (Lipinski definition) is 6. The number of para-hydroxylation sites is 1. The molecular weight excluding hydrogens is 514 g/mol. The van der Waals surface area contributed by atoms with Crippen LogP contribution in [0.3, 0.4) is 0 Å². The number of likely N-dealkylation sites (tertiary alicyclic amines) is 1. The first kappa shape index (κ1) is 29.4. The van der Waals surface area contributed by atoms with Gasteiger partial charge in [-0.2, -0.15) is 0 Å². The van der Waals surface area contributed by atoms with Gasteiger partial charge in [-0.05, 0) is 69.9 Å². The number of amides is 2. The Morgan fingerprint density at radius 2 is 1.66 bits per heavy atom. The topological polar surface area (TPSA) is 76.2 Å². The van der Waals surface area contributed by atoms with Crippen LogP contribution in [0, 0.1) is 11.8 Å². The van der Waals surface area contributed by atoms with Crippen molar-refractivity contribution in [2.75, 3.05) is 31.2 Å². The summed E-state index contributed by atoms with van der Waals surface area (Å²) >= 11 is 0. The average Bonchev–Trinajstić information content (AvgIpc) is 3.00. The van der Waals surface area contributed by atoms with Crippen molar-refractivity contribution in [1.29, 1.82) is 0 Å². The van der Waals surface area contributed by atoms with Crippen molar-refractivity contribution in [3.8, 4) is 0 Å². The van der Waals surface area contributed by atoms with Crippen molar-refractivity contribution in [2.45, 2.75) is 90.6 Å². The Balaban J connectivity index is 1.24. The number of rotatable bonds is 9. The van der Waals surface area contributed by atoms with Crippen LogP contribution in [0.15, 0.2) is 53.6 Å². The Morgan fingerprint density at radius 3 is 2.32 bits per heavy atom. The minimum atomic E-state index is -0.365. The minimum absolute atomic E-state index is 0.0555. The first-order valence-corrected chi connectivity index (χ1v) is 15.7. The Bertz CT molecular complexity index is 1150. The molecule has 2 amide bonds. The molecule has 1 N–H and O–H groups in total. The lowest BCUT2D eigenvalue weighted by atomic mass is 9.80. The van der Waals surface area contributed by atoms with Crippen LogP contribution in [0.1, 0.15) is 78.6 Å². The van der Waals surface area contributed by atoms with Crippen molar-refractivity contribution in [2.24, 2.45) is 11.8 Å². The molecule has 41 heavy (non-hydrogen) atoms. The molecule has 0 aromatic heterocycles. The van der Waals surface area contributed by atoms with Gasteiger partial charge in [0.05, 0.1) is 6.67 Å². The number of nitrogens with one attached hydrogen (secondary N) is 1. The fourth-order valence-electron chi connectivity index (χ4n) is 7.27. The van der Waals surface area contributed by atoms with Crippen molar-refractivity contribution in [3.05, 3.63) is 53.6 Å². The zero-order valence-electron chi connectivity index (χ0n) is 25.1. The minimum Gasteiger partial charge on any atom is -0.342 e. The number of carbonyl (C=O) groups is 3. The van der Waals surface area contributed by atoms with Gasteiger partial charge in [0.2, 0.25) is 11.8 Å². The molecule has 0 radical (unpaired) electrons. The molecule has 4 aliphatic rings. The van der Waals surface area contributed by atoms with Crippen LogP contribution >= 0.6 is 0 Å². The first-order chi connectivity index (χ1) is 19.9. The second-order valence-electron chi connectivity index (χ2n) is 12.3. The van der Waals surface area contributed by atoms with E-state index in [1.807, 2.05) is 53.3 Å². The van der Waals surface area contributed by atoms with E-state index in [0.29, 0.717) is 18.9 Å². The van der Waals surface area contributed by atoms with Gasteiger partial charge in [-0.25, -0.2) is 0 Å². The summed E-state index contributed by atoms with van der Waals surface area (Å²) in [6.07, 6.45) is 12.3. The summed E-state index contributed by atoms with van der Waals surface area (Å²) < 4.78 is 0. The number of piperidine rings is 1. The van der Waals surface area contributed by atoms with Gasteiger partial charge in [0.15, 0.2) is 6.29 Å². The molecule has 222 valence electrons. The van der Waals surface area contributed by atoms with Gasteiger partial charge >= 0.3 is 0 Å². The monoisotopic (exact) mass is 561 g/mol. The molecule has 1 aliphatic carbocycles. The molecule has 0 unspecified atom stereocenters. The fraction of sp³-hybridized carbons (Fsp3) is 0.606. The van der Waals surface area contributed by atoms with Gasteiger partial charge in [-0.15, -0.1) is 0 Å². The summed E-state index contributed by atoms with van der Waals surface area (Å²) in [7, 11) is 0. The zero-order valence-corrected chi connectivity index (χ0v) is 25.1. The summed E-state index contributed by atoms with van der Waals surface area (Å²) in [5, 5.41) is 3.20. The van der Waals surface area contributed by atoms with Crippen LogP contribution < -0.4 is 10.2 Å². The van der Waals surface area contributed by atoms with Gasteiger partial charge in [0.25, 0.3) is 0 Å². The number of benzene rings is 1. The van der Waals surface area contributed by atoms with E-state index in [-0.39, 0.29) is 35.7 Å². The van der Waals surface area contributed by atoms with Gasteiger partial charge in [0.1, 0.15) is 17.8 Å². The maximum Gasteiger partial charge on any atom is 0.246 e. The number of unbranched alkanes of at least 4 members (excludes halogenated alkanes) is 1. The summed E-state index contributed by atoms with van der Waals surface area (Å²) in [6.45, 7) is 9.31. The van der Waals surface area contributed by atoms with Crippen molar-refractivity contribution >= 4 is 23.8 Å². The van der Waals surface area contributed by atoms with Crippen LogP contribution in [0.5, 0.6) is 0 Å². The number of piperazine rings is 1. The molecule has 3 heterocycles. The van der Waals surface area contributed by atoms with Gasteiger partial charge in [0, 0.05) is 42.9 Å². The van der Waals surface area contributed by atoms with E-state index in [1.54, 1.807) is 0 Å². The second kappa shape index (κ2) is 13.2. The Morgan fingerprint density at radius 1 is 0.951 bits per heavy atom. The number of aldehydes is 1. The van der Waals surface area contributed by atoms with E-state index in [2.05, 4.69) is 29.0 Å². The third-order valence-electron chi connectivity index (χ3n) is 9.67. The summed E-state index contributed by atoms with van der Waals surface area (Å²) in [5.74, 6) is 0.642. The van der Waals surface area contributed by atoms with Crippen LogP contribution in [-0.4, -0.2) is 71.2 Å². The molecule has 5 rings (SSSR count). The Labute approximate surface area is 245 Å². The average molecular weight is 562 g/mol. The van der Waals surface area contributed by atoms with Crippen molar-refractivity contribution in [1.82, 2.24) is 20.0 Å². The molecule has 1 aromatic carbocycles. The number of carbonyl (C=O) groups excluding carboxylic acids is 3. The molecule has 1 aromatic rings. The SMILES string of the molecule is CCCCN1C(=O)[C@H](C2CCCCC2)NC(=O)[C@@H]1C1CCN(CN2C(C)=CN(c3ccccc3)C(C=O)=C2C)CC1. The third kappa shape index (κ3) is 6.22. The molecule has 8 nitrogen and oxygen atoms in total. The van der Waals surface area contributed by atoms with Crippen LogP contribution in [-0.2, 0) is 14.4 Å². The number of nitrogens with zero attached hydrogens (tertiary/aromatic N) is 4. The van der Waals surface area contributed by atoms with E-state index in [9.17, 15) is 14.4 Å². The quantitative estimate of drug-likeness (QED) is 0.435. The van der Waals surface area contributed by atoms with Crippen LogP contribution in [0.25, 0.3) is 0 Å². The van der Waals surface area contributed by atoms with Gasteiger partial charge < -0.3 is 20.0 Å². The molecule has 2 atom stereocenters. The predicted octanol–water partition coefficient (Wildman–Crippen LogP) is 4.85. The molecule has 3 aliphatic heterocycles. The van der Waals surface area contributed by atoms with Crippen molar-refractivity contribution < 1.29 is 14.4 Å². The highest BCUT2D eigenvalue weighted by Crippen LogP contribution is 2.34. The molecule has 2 saturated heterocycles. The maximum atomic E-state index is 13.8. The van der Waals surface area contributed by atoms with Crippen LogP contribution in [0.2, 0.25) is 0 Å². The highest BCUT2D eigenvalue weighted by atomic mass is 16.2. The zero-order chi connectivity index (χ0) is 28.9. The highest BCUT2D eigenvalue weighted by molar-refractivity contribution is 5.97.